The van der Waals surface area contributed by atoms with Crippen LogP contribution in [0.15, 0.2) is 22.9 Å². The quantitative estimate of drug-likeness (QED) is 0.434. The molecule has 0 aliphatic carbocycles. The average Bonchev–Trinajstić information content (AvgIpc) is 2.14. The maximum absolute atomic E-state index is 3.81. The number of quaternary nitrogens is 1. The van der Waals surface area contributed by atoms with E-state index in [1.807, 2.05) is 0 Å². The summed E-state index contributed by atoms with van der Waals surface area (Å²) < 4.78 is 0. The molecule has 1 unspecified atom stereocenters. The molecule has 1 N–H and O–H groups in total. The van der Waals surface area contributed by atoms with Gasteiger partial charge in [-0.1, -0.05) is 5.10 Å². The fraction of sp³-hybridized carbons (Fsp3) is 0. The lowest BCUT2D eigenvalue weighted by Crippen LogP contribution is -3.00. The molecular formula is C4H6N3+. The van der Waals surface area contributed by atoms with Crippen molar-refractivity contribution < 1.29 is 5.01 Å². The Labute approximate surface area is 41.7 Å². The van der Waals surface area contributed by atoms with Crippen LogP contribution < -0.4 is 5.01 Å². The van der Waals surface area contributed by atoms with Gasteiger partial charge in [-0.3, -0.25) is 0 Å². The van der Waals surface area contributed by atoms with Gasteiger partial charge in [0.2, 0.25) is 6.34 Å². The van der Waals surface area contributed by atoms with Gasteiger partial charge < -0.3 is 0 Å². The largest absolute Gasteiger partial charge is 0.221 e. The van der Waals surface area contributed by atoms with Gasteiger partial charge in [0.1, 0.15) is 6.20 Å². The first kappa shape index (κ1) is 4.21. The zero-order valence-corrected chi connectivity index (χ0v) is 3.83. The van der Waals surface area contributed by atoms with Crippen LogP contribution in [0, 0.1) is 0 Å². The fourth-order valence-electron chi connectivity index (χ4n) is 0.348. The molecule has 3 nitrogen and oxygen atoms in total. The van der Waals surface area contributed by atoms with Crippen molar-refractivity contribution in [2.45, 2.75) is 0 Å². The lowest BCUT2D eigenvalue weighted by Gasteiger charge is -1.86. The number of aliphatic imine (C=N–C) groups is 1. The van der Waals surface area contributed by atoms with Crippen LogP contribution in [-0.2, 0) is 0 Å². The molecule has 1 rings (SSSR count). The smallest absolute Gasteiger partial charge is 0.183 e. The second-order valence-corrected chi connectivity index (χ2v) is 1.15. The van der Waals surface area contributed by atoms with Crippen molar-refractivity contribution >= 4 is 12.7 Å². The van der Waals surface area contributed by atoms with E-state index in [0.717, 1.165) is 5.01 Å². The van der Waals surface area contributed by atoms with E-state index in [4.69, 9.17) is 0 Å². The molecule has 0 aromatic rings. The average molecular weight is 96.1 g/mol. The number of rotatable bonds is 1. The van der Waals surface area contributed by atoms with E-state index in [0.29, 0.717) is 0 Å². The predicted octanol–water partition coefficient (Wildman–Crippen LogP) is -1.00. The van der Waals surface area contributed by atoms with Crippen molar-refractivity contribution in [2.75, 3.05) is 0 Å². The van der Waals surface area contributed by atoms with Crippen molar-refractivity contribution in [2.24, 2.45) is 10.1 Å². The highest BCUT2D eigenvalue weighted by Gasteiger charge is 1.97. The Balaban J connectivity index is 2.59. The van der Waals surface area contributed by atoms with E-state index in [-0.39, 0.29) is 0 Å². The van der Waals surface area contributed by atoms with Crippen LogP contribution in [0.3, 0.4) is 0 Å². The van der Waals surface area contributed by atoms with Gasteiger partial charge in [0.05, 0.1) is 0 Å². The summed E-state index contributed by atoms with van der Waals surface area (Å²) in [5.74, 6) is 0. The summed E-state index contributed by atoms with van der Waals surface area (Å²) in [4.78, 5) is 3.71. The van der Waals surface area contributed by atoms with Gasteiger partial charge in [0.25, 0.3) is 0 Å². The van der Waals surface area contributed by atoms with Crippen LogP contribution in [0.2, 0.25) is 0 Å². The molecule has 0 amide bonds. The maximum atomic E-state index is 3.81. The minimum atomic E-state index is 0.833. The van der Waals surface area contributed by atoms with Crippen molar-refractivity contribution in [1.82, 2.24) is 0 Å². The number of nitrogens with zero attached hydrogens (tertiary/aromatic N) is 2. The first-order valence-electron chi connectivity index (χ1n) is 1.98. The first-order valence-corrected chi connectivity index (χ1v) is 1.98. The molecule has 0 saturated heterocycles. The molecule has 0 bridgehead atoms. The van der Waals surface area contributed by atoms with Gasteiger partial charge in [-0.05, 0) is 6.58 Å². The van der Waals surface area contributed by atoms with Crippen molar-refractivity contribution in [3.63, 3.8) is 0 Å². The Morgan fingerprint density at radius 3 is 2.86 bits per heavy atom. The van der Waals surface area contributed by atoms with E-state index >= 15 is 0 Å². The molecule has 0 radical (unpaired) electrons. The summed E-state index contributed by atoms with van der Waals surface area (Å²) in [5, 5.41) is 4.64. The summed E-state index contributed by atoms with van der Waals surface area (Å²) >= 11 is 0. The summed E-state index contributed by atoms with van der Waals surface area (Å²) in [5.41, 5.74) is 0. The third-order valence-electron chi connectivity index (χ3n) is 0.689. The maximum Gasteiger partial charge on any atom is 0.221 e. The summed E-state index contributed by atoms with van der Waals surface area (Å²) in [6.45, 7) is 3.50. The molecule has 1 atom stereocenters. The Bertz CT molecular complexity index is 113. The fourth-order valence-corrected chi connectivity index (χ4v) is 0.348. The van der Waals surface area contributed by atoms with Crippen molar-refractivity contribution in [3.05, 3.63) is 12.8 Å². The molecule has 3 heteroatoms. The number of hydrogen-bond donors (Lipinski definition) is 1. The van der Waals surface area contributed by atoms with Crippen LogP contribution >= 0.6 is 0 Å². The van der Waals surface area contributed by atoms with Gasteiger partial charge >= 0.3 is 0 Å². The SMILES string of the molecule is C=C[NH+]1C=NC=N1. The summed E-state index contributed by atoms with van der Waals surface area (Å²) in [7, 11) is 0. The normalized spacial score (nSPS) is 26.0. The summed E-state index contributed by atoms with van der Waals surface area (Å²) in [6.07, 6.45) is 4.82. The second-order valence-electron chi connectivity index (χ2n) is 1.15. The topological polar surface area (TPSA) is 29.2 Å². The van der Waals surface area contributed by atoms with E-state index in [9.17, 15) is 0 Å². The Kier molecular flexibility index (Phi) is 0.997. The lowest BCUT2D eigenvalue weighted by molar-refractivity contribution is -0.742. The summed E-state index contributed by atoms with van der Waals surface area (Å²) in [6, 6.07) is 0. The standard InChI is InChI=1S/C4H5N3/c1-2-7-4-5-3-6-7/h2-4H,1H2/p+1. The van der Waals surface area contributed by atoms with E-state index < -0.39 is 0 Å². The van der Waals surface area contributed by atoms with Gasteiger partial charge in [-0.15, -0.1) is 5.01 Å². The molecule has 36 valence electrons. The highest BCUT2D eigenvalue weighted by atomic mass is 15.5. The zero-order chi connectivity index (χ0) is 5.11. The van der Waals surface area contributed by atoms with Crippen LogP contribution in [0.4, 0.5) is 0 Å². The molecular weight excluding hydrogens is 90.1 g/mol. The van der Waals surface area contributed by atoms with Crippen LogP contribution in [-0.4, -0.2) is 12.7 Å². The highest BCUT2D eigenvalue weighted by molar-refractivity contribution is 5.69. The van der Waals surface area contributed by atoms with Gasteiger partial charge in [0, 0.05) is 0 Å². The molecule has 1 aliphatic rings. The predicted molar refractivity (Wildman–Crippen MR) is 28.1 cm³/mol. The Morgan fingerprint density at radius 2 is 2.57 bits per heavy atom. The minimum absolute atomic E-state index is 0.833. The third kappa shape index (κ3) is 0.721. The van der Waals surface area contributed by atoms with Crippen LogP contribution in [0.5, 0.6) is 0 Å². The molecule has 0 saturated carbocycles. The number of nitrogens with one attached hydrogen (secondary N) is 1. The molecule has 0 spiro atoms. The number of hydrogen-bond acceptors (Lipinski definition) is 2. The monoisotopic (exact) mass is 96.1 g/mol. The highest BCUT2D eigenvalue weighted by Crippen LogP contribution is 1.58. The van der Waals surface area contributed by atoms with E-state index in [1.54, 1.807) is 12.5 Å². The lowest BCUT2D eigenvalue weighted by atomic mass is 10.9. The zero-order valence-electron chi connectivity index (χ0n) is 3.83. The van der Waals surface area contributed by atoms with E-state index in [1.165, 1.54) is 6.34 Å². The van der Waals surface area contributed by atoms with Crippen molar-refractivity contribution in [1.29, 1.82) is 0 Å². The van der Waals surface area contributed by atoms with Crippen molar-refractivity contribution in [3.8, 4) is 0 Å². The van der Waals surface area contributed by atoms with Gasteiger partial charge in [-0.25, -0.2) is 0 Å². The molecule has 1 heterocycles. The Morgan fingerprint density at radius 1 is 1.71 bits per heavy atom. The third-order valence-corrected chi connectivity index (χ3v) is 0.689. The molecule has 0 fully saturated rings. The molecule has 0 aromatic carbocycles. The second kappa shape index (κ2) is 1.66. The molecule has 1 aliphatic heterocycles. The van der Waals surface area contributed by atoms with Crippen LogP contribution in [0.1, 0.15) is 0 Å². The van der Waals surface area contributed by atoms with Crippen LogP contribution in [0.25, 0.3) is 0 Å². The van der Waals surface area contributed by atoms with Gasteiger partial charge in [-0.2, -0.15) is 4.99 Å². The minimum Gasteiger partial charge on any atom is -0.183 e. The molecule has 7 heavy (non-hydrogen) atoms. The Hall–Kier alpha value is -0.960. The molecule has 0 aromatic heterocycles. The van der Waals surface area contributed by atoms with Gasteiger partial charge in [0.15, 0.2) is 6.34 Å². The van der Waals surface area contributed by atoms with E-state index in [2.05, 4.69) is 16.7 Å². The first-order chi connectivity index (χ1) is 3.43.